The van der Waals surface area contributed by atoms with Crippen LogP contribution in [0.5, 0.6) is 0 Å². The van der Waals surface area contributed by atoms with Gasteiger partial charge in [0.05, 0.1) is 10.8 Å². The van der Waals surface area contributed by atoms with Gasteiger partial charge in [0.15, 0.2) is 5.65 Å². The molecule has 0 saturated heterocycles. The van der Waals surface area contributed by atoms with E-state index in [1.165, 1.54) is 11.8 Å². The van der Waals surface area contributed by atoms with Gasteiger partial charge in [-0.1, -0.05) is 36.4 Å². The predicted octanol–water partition coefficient (Wildman–Crippen LogP) is 3.12. The summed E-state index contributed by atoms with van der Waals surface area (Å²) in [5.74, 6) is 0.317. The summed E-state index contributed by atoms with van der Waals surface area (Å²) < 4.78 is 2.03. The van der Waals surface area contributed by atoms with Crippen LogP contribution in [-0.2, 0) is 11.8 Å². The SMILES string of the molecule is Cn1c2ccccc2c2nnc(SC3CCCCC3=O)nc21. The molecule has 1 aliphatic rings. The molecule has 1 aromatic carbocycles. The Kier molecular flexibility index (Phi) is 3.33. The van der Waals surface area contributed by atoms with Crippen LogP contribution in [0, 0.1) is 0 Å². The van der Waals surface area contributed by atoms with Crippen LogP contribution in [-0.4, -0.2) is 30.8 Å². The molecule has 6 heteroatoms. The van der Waals surface area contributed by atoms with Gasteiger partial charge in [-0.15, -0.1) is 10.2 Å². The summed E-state index contributed by atoms with van der Waals surface area (Å²) in [6.07, 6.45) is 3.71. The number of hydrogen-bond donors (Lipinski definition) is 0. The van der Waals surface area contributed by atoms with E-state index in [1.807, 2.05) is 29.8 Å². The van der Waals surface area contributed by atoms with E-state index in [0.29, 0.717) is 17.4 Å². The van der Waals surface area contributed by atoms with Crippen LogP contribution in [0.15, 0.2) is 29.4 Å². The third kappa shape index (κ3) is 2.18. The highest BCUT2D eigenvalue weighted by Gasteiger charge is 2.25. The van der Waals surface area contributed by atoms with E-state index < -0.39 is 0 Å². The molecule has 1 unspecified atom stereocenters. The summed E-state index contributed by atoms with van der Waals surface area (Å²) in [4.78, 5) is 16.6. The summed E-state index contributed by atoms with van der Waals surface area (Å²) in [7, 11) is 1.99. The zero-order valence-corrected chi connectivity index (χ0v) is 13.1. The van der Waals surface area contributed by atoms with Gasteiger partial charge in [-0.25, -0.2) is 4.98 Å². The van der Waals surface area contributed by atoms with Gasteiger partial charge in [0.2, 0.25) is 5.16 Å². The van der Waals surface area contributed by atoms with Crippen molar-refractivity contribution in [3.05, 3.63) is 24.3 Å². The van der Waals surface area contributed by atoms with Crippen LogP contribution < -0.4 is 0 Å². The van der Waals surface area contributed by atoms with E-state index in [-0.39, 0.29) is 5.25 Å². The van der Waals surface area contributed by atoms with Crippen LogP contribution in [0.2, 0.25) is 0 Å². The van der Waals surface area contributed by atoms with E-state index in [9.17, 15) is 4.79 Å². The standard InChI is InChI=1S/C16H16N4OS/c1-20-11-7-3-2-6-10(11)14-15(20)17-16(19-18-14)22-13-9-5-4-8-12(13)21/h2-3,6-7,13H,4-5,8-9H2,1H3. The summed E-state index contributed by atoms with van der Waals surface area (Å²) in [5, 5.41) is 10.2. The molecule has 1 aliphatic carbocycles. The third-order valence-corrected chi connectivity index (χ3v) is 5.40. The largest absolute Gasteiger partial charge is 0.327 e. The highest BCUT2D eigenvalue weighted by molar-refractivity contribution is 8.00. The fraction of sp³-hybridized carbons (Fsp3) is 0.375. The molecule has 1 saturated carbocycles. The lowest BCUT2D eigenvalue weighted by atomic mass is 9.99. The predicted molar refractivity (Wildman–Crippen MR) is 86.9 cm³/mol. The van der Waals surface area contributed by atoms with E-state index >= 15 is 0 Å². The molecule has 0 N–H and O–H groups in total. The van der Waals surface area contributed by atoms with E-state index in [0.717, 1.165) is 41.3 Å². The molecular weight excluding hydrogens is 296 g/mol. The molecule has 5 nitrogen and oxygen atoms in total. The summed E-state index contributed by atoms with van der Waals surface area (Å²) in [6, 6.07) is 8.08. The van der Waals surface area contributed by atoms with Gasteiger partial charge in [0.25, 0.3) is 0 Å². The first-order chi connectivity index (χ1) is 10.7. The third-order valence-electron chi connectivity index (χ3n) is 4.23. The fourth-order valence-electron chi connectivity index (χ4n) is 3.04. The van der Waals surface area contributed by atoms with Gasteiger partial charge in [0, 0.05) is 18.9 Å². The summed E-state index contributed by atoms with van der Waals surface area (Å²) in [6.45, 7) is 0. The molecule has 0 amide bonds. The zero-order valence-electron chi connectivity index (χ0n) is 12.3. The first kappa shape index (κ1) is 13.7. The molecule has 1 fully saturated rings. The number of aryl methyl sites for hydroxylation is 1. The number of nitrogens with zero attached hydrogens (tertiary/aromatic N) is 4. The average Bonchev–Trinajstić information content (AvgIpc) is 2.83. The van der Waals surface area contributed by atoms with Crippen LogP contribution in [0.25, 0.3) is 22.1 Å². The molecule has 0 radical (unpaired) electrons. The number of Topliss-reactive ketones (excluding diaryl/α,β-unsaturated/α-hetero) is 1. The first-order valence-corrected chi connectivity index (χ1v) is 8.39. The number of carbonyl (C=O) groups excluding carboxylic acids is 1. The van der Waals surface area contributed by atoms with Crippen LogP contribution in [0.1, 0.15) is 25.7 Å². The van der Waals surface area contributed by atoms with Crippen molar-refractivity contribution >= 4 is 39.6 Å². The van der Waals surface area contributed by atoms with Crippen molar-refractivity contribution in [3.8, 4) is 0 Å². The molecule has 1 atom stereocenters. The Hall–Kier alpha value is -1.95. The van der Waals surface area contributed by atoms with Gasteiger partial charge in [-0.05, 0) is 18.9 Å². The molecular formula is C16H16N4OS. The average molecular weight is 312 g/mol. The first-order valence-electron chi connectivity index (χ1n) is 7.51. The topological polar surface area (TPSA) is 60.7 Å². The molecule has 0 aliphatic heterocycles. The van der Waals surface area contributed by atoms with Gasteiger partial charge < -0.3 is 4.57 Å². The quantitative estimate of drug-likeness (QED) is 0.727. The van der Waals surface area contributed by atoms with Crippen molar-refractivity contribution in [2.75, 3.05) is 0 Å². The van der Waals surface area contributed by atoms with Gasteiger partial charge in [0.1, 0.15) is 11.3 Å². The number of carbonyl (C=O) groups is 1. The minimum Gasteiger partial charge on any atom is -0.327 e. The number of aromatic nitrogens is 4. The molecule has 112 valence electrons. The normalized spacial score (nSPS) is 19.1. The van der Waals surface area contributed by atoms with Crippen LogP contribution >= 0.6 is 11.8 Å². The fourth-order valence-corrected chi connectivity index (χ4v) is 4.06. The van der Waals surface area contributed by atoms with Crippen LogP contribution in [0.3, 0.4) is 0 Å². The molecule has 2 heterocycles. The summed E-state index contributed by atoms with van der Waals surface area (Å²) in [5.41, 5.74) is 2.73. The van der Waals surface area contributed by atoms with E-state index in [2.05, 4.69) is 21.2 Å². The Labute approximate surface area is 132 Å². The van der Waals surface area contributed by atoms with E-state index in [4.69, 9.17) is 0 Å². The number of rotatable bonds is 2. The monoisotopic (exact) mass is 312 g/mol. The maximum Gasteiger partial charge on any atom is 0.211 e. The second-order valence-electron chi connectivity index (χ2n) is 5.66. The lowest BCUT2D eigenvalue weighted by Crippen LogP contribution is -2.21. The Morgan fingerprint density at radius 1 is 1.23 bits per heavy atom. The Morgan fingerprint density at radius 3 is 2.95 bits per heavy atom. The molecule has 4 rings (SSSR count). The number of para-hydroxylation sites is 1. The maximum atomic E-state index is 12.0. The number of thioether (sulfide) groups is 1. The minimum absolute atomic E-state index is 0.0114. The van der Waals surface area contributed by atoms with Crippen molar-refractivity contribution in [2.45, 2.75) is 36.1 Å². The van der Waals surface area contributed by atoms with E-state index in [1.54, 1.807) is 0 Å². The van der Waals surface area contributed by atoms with Gasteiger partial charge >= 0.3 is 0 Å². The number of ketones is 1. The Balaban J connectivity index is 1.75. The van der Waals surface area contributed by atoms with Gasteiger partial charge in [-0.3, -0.25) is 4.79 Å². The smallest absolute Gasteiger partial charge is 0.211 e. The second-order valence-corrected chi connectivity index (χ2v) is 6.83. The summed E-state index contributed by atoms with van der Waals surface area (Å²) >= 11 is 1.46. The maximum absolute atomic E-state index is 12.0. The van der Waals surface area contributed by atoms with Crippen molar-refractivity contribution < 1.29 is 4.79 Å². The lowest BCUT2D eigenvalue weighted by Gasteiger charge is -2.18. The highest BCUT2D eigenvalue weighted by atomic mass is 32.2. The number of fused-ring (bicyclic) bond motifs is 3. The molecule has 3 aromatic rings. The van der Waals surface area contributed by atoms with Gasteiger partial charge in [-0.2, -0.15) is 0 Å². The molecule has 0 bridgehead atoms. The van der Waals surface area contributed by atoms with Crippen molar-refractivity contribution in [3.63, 3.8) is 0 Å². The van der Waals surface area contributed by atoms with Crippen molar-refractivity contribution in [2.24, 2.45) is 7.05 Å². The second kappa shape index (κ2) is 5.35. The zero-order chi connectivity index (χ0) is 15.1. The highest BCUT2D eigenvalue weighted by Crippen LogP contribution is 2.31. The number of benzene rings is 1. The molecule has 2 aromatic heterocycles. The lowest BCUT2D eigenvalue weighted by molar-refractivity contribution is -0.119. The Morgan fingerprint density at radius 2 is 2.09 bits per heavy atom. The van der Waals surface area contributed by atoms with Crippen molar-refractivity contribution in [1.82, 2.24) is 19.7 Å². The minimum atomic E-state index is -0.0114. The Bertz CT molecular complexity index is 873. The van der Waals surface area contributed by atoms with Crippen LogP contribution in [0.4, 0.5) is 0 Å². The molecule has 22 heavy (non-hydrogen) atoms. The van der Waals surface area contributed by atoms with Crippen molar-refractivity contribution in [1.29, 1.82) is 0 Å². The molecule has 0 spiro atoms. The number of hydrogen-bond acceptors (Lipinski definition) is 5.